The number of fused-ring (bicyclic) bond motifs is 1. The van der Waals surface area contributed by atoms with E-state index >= 15 is 0 Å². The van der Waals surface area contributed by atoms with Crippen LogP contribution in [-0.4, -0.2) is 39.3 Å². The summed E-state index contributed by atoms with van der Waals surface area (Å²) in [4.78, 5) is 36.0. The predicted octanol–water partition coefficient (Wildman–Crippen LogP) is 2.65. The van der Waals surface area contributed by atoms with Crippen molar-refractivity contribution in [1.82, 2.24) is 14.2 Å². The molecule has 0 aliphatic carbocycles. The van der Waals surface area contributed by atoms with E-state index < -0.39 is 30.1 Å². The molecule has 2 heterocycles. The second-order valence-corrected chi connectivity index (χ2v) is 6.28. The monoisotopic (exact) mass is 427 g/mol. The number of pyridine rings is 1. The zero-order chi connectivity index (χ0) is 20.4. The molecule has 0 spiro atoms. The number of carbonyl (C=O) groups is 2. The molecule has 0 fully saturated rings. The van der Waals surface area contributed by atoms with Crippen molar-refractivity contribution in [2.45, 2.75) is 6.92 Å². The summed E-state index contributed by atoms with van der Waals surface area (Å²) in [5, 5.41) is 4.04. The van der Waals surface area contributed by atoms with Gasteiger partial charge in [0.25, 0.3) is 0 Å². The van der Waals surface area contributed by atoms with Gasteiger partial charge in [-0.15, -0.1) is 5.10 Å². The first kappa shape index (κ1) is 19.8. The first-order valence-corrected chi connectivity index (χ1v) is 8.66. The molecule has 0 atom stereocenters. The standard InChI is InChI=1S/C17H12Cl2FN3O5/c1-2-27-15(24)8-28-16(25)10-5-13(12(20)6-11(10)19)23-17(26)22-7-9(18)3-4-14(22)21-23/h3-7H,2,8H2,1H3. The molecule has 8 nitrogen and oxygen atoms in total. The highest BCUT2D eigenvalue weighted by Gasteiger charge is 2.21. The van der Waals surface area contributed by atoms with Crippen LogP contribution in [0.4, 0.5) is 4.39 Å². The fourth-order valence-corrected chi connectivity index (χ4v) is 2.76. The predicted molar refractivity (Wildman–Crippen MR) is 97.7 cm³/mol. The first-order chi connectivity index (χ1) is 13.3. The number of hydrogen-bond donors (Lipinski definition) is 0. The van der Waals surface area contributed by atoms with Crippen molar-refractivity contribution >= 4 is 40.8 Å². The van der Waals surface area contributed by atoms with Crippen LogP contribution < -0.4 is 5.69 Å². The Balaban J connectivity index is 2.01. The second kappa shape index (κ2) is 7.99. The molecule has 0 saturated carbocycles. The Morgan fingerprint density at radius 2 is 1.96 bits per heavy atom. The summed E-state index contributed by atoms with van der Waals surface area (Å²) in [6, 6.07) is 4.86. The van der Waals surface area contributed by atoms with Gasteiger partial charge < -0.3 is 9.47 Å². The van der Waals surface area contributed by atoms with Gasteiger partial charge in [0.1, 0.15) is 5.69 Å². The van der Waals surface area contributed by atoms with Crippen LogP contribution >= 0.6 is 23.2 Å². The lowest BCUT2D eigenvalue weighted by atomic mass is 10.2. The summed E-state index contributed by atoms with van der Waals surface area (Å²) in [5.41, 5.74) is -1.05. The molecule has 3 aromatic rings. The van der Waals surface area contributed by atoms with Crippen molar-refractivity contribution in [3.05, 3.63) is 62.4 Å². The van der Waals surface area contributed by atoms with Gasteiger partial charge in [-0.3, -0.25) is 0 Å². The maximum absolute atomic E-state index is 14.4. The van der Waals surface area contributed by atoms with Crippen molar-refractivity contribution in [2.75, 3.05) is 13.2 Å². The van der Waals surface area contributed by atoms with Crippen LogP contribution in [0.15, 0.2) is 35.3 Å². The quantitative estimate of drug-likeness (QED) is 0.581. The molecular formula is C17H12Cl2FN3O5. The molecule has 3 rings (SSSR count). The van der Waals surface area contributed by atoms with Gasteiger partial charge >= 0.3 is 17.6 Å². The summed E-state index contributed by atoms with van der Waals surface area (Å²) in [7, 11) is 0. The minimum Gasteiger partial charge on any atom is -0.463 e. The van der Waals surface area contributed by atoms with E-state index in [0.717, 1.165) is 21.2 Å². The average molecular weight is 428 g/mol. The highest BCUT2D eigenvalue weighted by molar-refractivity contribution is 6.33. The SMILES string of the molecule is CCOC(=O)COC(=O)c1cc(-n2nc3ccc(Cl)cn3c2=O)c(F)cc1Cl. The highest BCUT2D eigenvalue weighted by Crippen LogP contribution is 2.24. The van der Waals surface area contributed by atoms with Gasteiger partial charge in [0.2, 0.25) is 0 Å². The molecule has 1 aromatic carbocycles. The molecule has 11 heteroatoms. The normalized spacial score (nSPS) is 10.9. The maximum atomic E-state index is 14.4. The molecule has 0 aliphatic rings. The van der Waals surface area contributed by atoms with E-state index in [2.05, 4.69) is 9.84 Å². The van der Waals surface area contributed by atoms with Crippen molar-refractivity contribution in [2.24, 2.45) is 0 Å². The van der Waals surface area contributed by atoms with E-state index in [1.165, 1.54) is 18.3 Å². The van der Waals surface area contributed by atoms with E-state index in [4.69, 9.17) is 27.9 Å². The van der Waals surface area contributed by atoms with Crippen LogP contribution in [-0.2, 0) is 14.3 Å². The second-order valence-electron chi connectivity index (χ2n) is 5.43. The molecule has 146 valence electrons. The zero-order valence-corrected chi connectivity index (χ0v) is 15.8. The molecule has 0 N–H and O–H groups in total. The topological polar surface area (TPSA) is 91.9 Å². The van der Waals surface area contributed by atoms with Crippen LogP contribution in [0.1, 0.15) is 17.3 Å². The zero-order valence-electron chi connectivity index (χ0n) is 14.3. The van der Waals surface area contributed by atoms with E-state index in [-0.39, 0.29) is 33.6 Å². The molecule has 0 radical (unpaired) electrons. The fourth-order valence-electron chi connectivity index (χ4n) is 2.37. The minimum atomic E-state index is -0.987. The summed E-state index contributed by atoms with van der Waals surface area (Å²) in [6.07, 6.45) is 1.32. The van der Waals surface area contributed by atoms with Gasteiger partial charge in [-0.25, -0.2) is 23.2 Å². The van der Waals surface area contributed by atoms with E-state index in [9.17, 15) is 18.8 Å². The number of halogens is 3. The summed E-state index contributed by atoms with van der Waals surface area (Å²) < 4.78 is 25.8. The molecule has 0 amide bonds. The number of ether oxygens (including phenoxy) is 2. The summed E-state index contributed by atoms with van der Waals surface area (Å²) in [5.74, 6) is -2.62. The molecule has 28 heavy (non-hydrogen) atoms. The van der Waals surface area contributed by atoms with Crippen molar-refractivity contribution in [1.29, 1.82) is 0 Å². The van der Waals surface area contributed by atoms with Crippen molar-refractivity contribution < 1.29 is 23.5 Å². The van der Waals surface area contributed by atoms with Crippen LogP contribution in [0, 0.1) is 5.82 Å². The van der Waals surface area contributed by atoms with Crippen molar-refractivity contribution in [3.63, 3.8) is 0 Å². The summed E-state index contributed by atoms with van der Waals surface area (Å²) in [6.45, 7) is 1.09. The number of aromatic nitrogens is 3. The fraction of sp³-hybridized carbons (Fsp3) is 0.176. The molecular weight excluding hydrogens is 416 g/mol. The smallest absolute Gasteiger partial charge is 0.355 e. The van der Waals surface area contributed by atoms with Gasteiger partial charge in [-0.05, 0) is 31.2 Å². The van der Waals surface area contributed by atoms with Gasteiger partial charge in [-0.1, -0.05) is 23.2 Å². The van der Waals surface area contributed by atoms with Gasteiger partial charge in [0.15, 0.2) is 18.1 Å². The lowest BCUT2D eigenvalue weighted by molar-refractivity contribution is -0.146. The molecule has 0 bridgehead atoms. The number of esters is 2. The first-order valence-electron chi connectivity index (χ1n) is 7.91. The molecule has 0 aliphatic heterocycles. The van der Waals surface area contributed by atoms with Gasteiger partial charge in [0, 0.05) is 6.20 Å². The highest BCUT2D eigenvalue weighted by atomic mass is 35.5. The number of benzene rings is 1. The van der Waals surface area contributed by atoms with Crippen LogP contribution in [0.25, 0.3) is 11.3 Å². The number of hydrogen-bond acceptors (Lipinski definition) is 6. The van der Waals surface area contributed by atoms with Gasteiger partial charge in [-0.2, -0.15) is 4.68 Å². The lowest BCUT2D eigenvalue weighted by Gasteiger charge is -2.09. The summed E-state index contributed by atoms with van der Waals surface area (Å²) >= 11 is 11.8. The Bertz CT molecular complexity index is 1140. The Morgan fingerprint density at radius 3 is 2.68 bits per heavy atom. The Kier molecular flexibility index (Phi) is 5.66. The van der Waals surface area contributed by atoms with E-state index in [0.29, 0.717) is 0 Å². The van der Waals surface area contributed by atoms with Crippen LogP contribution in [0.3, 0.4) is 0 Å². The third kappa shape index (κ3) is 3.85. The molecule has 0 saturated heterocycles. The maximum Gasteiger partial charge on any atom is 0.355 e. The number of nitrogens with zero attached hydrogens (tertiary/aromatic N) is 3. The lowest BCUT2D eigenvalue weighted by Crippen LogP contribution is -2.21. The Labute approximate surface area is 167 Å². The Morgan fingerprint density at radius 1 is 1.21 bits per heavy atom. The average Bonchev–Trinajstić information content (AvgIpc) is 2.96. The van der Waals surface area contributed by atoms with Crippen LogP contribution in [0.5, 0.6) is 0 Å². The van der Waals surface area contributed by atoms with E-state index in [1.807, 2.05) is 0 Å². The largest absolute Gasteiger partial charge is 0.463 e. The van der Waals surface area contributed by atoms with Crippen molar-refractivity contribution in [3.8, 4) is 5.69 Å². The molecule has 0 unspecified atom stereocenters. The van der Waals surface area contributed by atoms with E-state index in [1.54, 1.807) is 6.92 Å². The number of carbonyl (C=O) groups excluding carboxylic acids is 2. The number of rotatable bonds is 5. The Hall–Kier alpha value is -2.91. The van der Waals surface area contributed by atoms with Gasteiger partial charge in [0.05, 0.1) is 22.2 Å². The third-order valence-corrected chi connectivity index (χ3v) is 4.13. The molecule has 2 aromatic heterocycles. The third-order valence-electron chi connectivity index (χ3n) is 3.59. The minimum absolute atomic E-state index is 0.124. The van der Waals surface area contributed by atoms with Crippen LogP contribution in [0.2, 0.25) is 10.0 Å².